The van der Waals surface area contributed by atoms with E-state index < -0.39 is 0 Å². The monoisotopic (exact) mass is 289 g/mol. The van der Waals surface area contributed by atoms with Crippen molar-refractivity contribution in [1.29, 1.82) is 0 Å². The second-order valence-corrected chi connectivity index (χ2v) is 6.18. The predicted octanol–water partition coefficient (Wildman–Crippen LogP) is 3.11. The molecule has 0 atom stereocenters. The van der Waals surface area contributed by atoms with Crippen LogP contribution < -0.4 is 10.6 Å². The van der Waals surface area contributed by atoms with Crippen LogP contribution in [0.3, 0.4) is 0 Å². The third kappa shape index (κ3) is 3.78. The number of unbranched alkanes of at least 4 members (excludes halogenated alkanes) is 1. The van der Waals surface area contributed by atoms with E-state index in [9.17, 15) is 0 Å². The molecule has 2 N–H and O–H groups in total. The highest BCUT2D eigenvalue weighted by molar-refractivity contribution is 5.46. The van der Waals surface area contributed by atoms with Crippen molar-refractivity contribution in [3.8, 4) is 0 Å². The van der Waals surface area contributed by atoms with Gasteiger partial charge in [0.1, 0.15) is 0 Å². The van der Waals surface area contributed by atoms with Gasteiger partial charge in [-0.3, -0.25) is 4.90 Å². The molecule has 2 rings (SSSR count). The van der Waals surface area contributed by atoms with Gasteiger partial charge in [-0.25, -0.2) is 0 Å². The standard InChI is InChI=1S/C18H31N3/c1-3-5-13-21(4-2)18(16-19)11-14-20(15-12-18)17-9-7-6-8-10-17/h6-10H,3-5,11-16,19H2,1-2H3. The van der Waals surface area contributed by atoms with Crippen LogP contribution in [0.2, 0.25) is 0 Å². The van der Waals surface area contributed by atoms with Gasteiger partial charge in [-0.2, -0.15) is 0 Å². The van der Waals surface area contributed by atoms with E-state index in [4.69, 9.17) is 5.73 Å². The second kappa shape index (κ2) is 7.81. The lowest BCUT2D eigenvalue weighted by molar-refractivity contribution is 0.0728. The Morgan fingerprint density at radius 1 is 1.14 bits per heavy atom. The number of rotatable bonds is 7. The van der Waals surface area contributed by atoms with Crippen LogP contribution in [0.15, 0.2) is 30.3 Å². The maximum atomic E-state index is 6.21. The highest BCUT2D eigenvalue weighted by Crippen LogP contribution is 2.30. The van der Waals surface area contributed by atoms with Crippen LogP contribution in [0.5, 0.6) is 0 Å². The van der Waals surface area contributed by atoms with Crippen LogP contribution in [0.1, 0.15) is 39.5 Å². The molecule has 3 nitrogen and oxygen atoms in total. The van der Waals surface area contributed by atoms with Crippen LogP contribution in [0.25, 0.3) is 0 Å². The molecule has 0 amide bonds. The SMILES string of the molecule is CCCCN(CC)C1(CN)CCN(c2ccccc2)CC1. The minimum Gasteiger partial charge on any atom is -0.371 e. The molecule has 0 unspecified atom stereocenters. The Labute approximate surface area is 130 Å². The molecule has 118 valence electrons. The van der Waals surface area contributed by atoms with Crippen molar-refractivity contribution >= 4 is 5.69 Å². The van der Waals surface area contributed by atoms with Gasteiger partial charge in [0, 0.05) is 30.9 Å². The van der Waals surface area contributed by atoms with Gasteiger partial charge >= 0.3 is 0 Å². The maximum absolute atomic E-state index is 6.21. The van der Waals surface area contributed by atoms with E-state index in [1.807, 2.05) is 0 Å². The molecule has 1 saturated heterocycles. The average molecular weight is 289 g/mol. The number of hydrogen-bond donors (Lipinski definition) is 1. The Kier molecular flexibility index (Phi) is 6.07. The Balaban J connectivity index is 2.01. The van der Waals surface area contributed by atoms with Gasteiger partial charge in [-0.05, 0) is 44.5 Å². The molecular formula is C18H31N3. The minimum absolute atomic E-state index is 0.217. The summed E-state index contributed by atoms with van der Waals surface area (Å²) in [4.78, 5) is 5.14. The van der Waals surface area contributed by atoms with Crippen molar-refractivity contribution in [2.75, 3.05) is 37.6 Å². The van der Waals surface area contributed by atoms with Crippen LogP contribution in [0.4, 0.5) is 5.69 Å². The van der Waals surface area contributed by atoms with Crippen LogP contribution in [-0.2, 0) is 0 Å². The van der Waals surface area contributed by atoms with Gasteiger partial charge < -0.3 is 10.6 Å². The lowest BCUT2D eigenvalue weighted by Gasteiger charge is -2.49. The van der Waals surface area contributed by atoms with Crippen LogP contribution >= 0.6 is 0 Å². The number of nitrogens with two attached hydrogens (primary N) is 1. The third-order valence-corrected chi connectivity index (χ3v) is 5.03. The van der Waals surface area contributed by atoms with Gasteiger partial charge in [0.2, 0.25) is 0 Å². The molecule has 0 bridgehead atoms. The van der Waals surface area contributed by atoms with E-state index in [-0.39, 0.29) is 5.54 Å². The number of para-hydroxylation sites is 1. The summed E-state index contributed by atoms with van der Waals surface area (Å²) in [5.41, 5.74) is 7.77. The normalized spacial score (nSPS) is 18.2. The molecule has 21 heavy (non-hydrogen) atoms. The molecule has 1 aromatic carbocycles. The number of anilines is 1. The van der Waals surface area contributed by atoms with Crippen LogP contribution in [0, 0.1) is 0 Å². The fourth-order valence-corrected chi connectivity index (χ4v) is 3.55. The van der Waals surface area contributed by atoms with Crippen molar-refractivity contribution in [1.82, 2.24) is 4.90 Å². The summed E-state index contributed by atoms with van der Waals surface area (Å²) in [6, 6.07) is 10.8. The minimum atomic E-state index is 0.217. The maximum Gasteiger partial charge on any atom is 0.0366 e. The number of hydrogen-bond acceptors (Lipinski definition) is 3. The molecule has 1 aliphatic heterocycles. The number of benzene rings is 1. The first-order valence-electron chi connectivity index (χ1n) is 8.51. The second-order valence-electron chi connectivity index (χ2n) is 6.18. The summed E-state index contributed by atoms with van der Waals surface area (Å²) >= 11 is 0. The molecule has 0 radical (unpaired) electrons. The molecule has 0 saturated carbocycles. The van der Waals surface area contributed by atoms with Gasteiger partial charge in [-0.15, -0.1) is 0 Å². The summed E-state index contributed by atoms with van der Waals surface area (Å²) < 4.78 is 0. The van der Waals surface area contributed by atoms with Crippen molar-refractivity contribution in [2.24, 2.45) is 5.73 Å². The summed E-state index contributed by atoms with van der Waals surface area (Å²) in [5.74, 6) is 0. The van der Waals surface area contributed by atoms with E-state index in [0.29, 0.717) is 0 Å². The Morgan fingerprint density at radius 2 is 1.81 bits per heavy atom. The molecule has 0 aliphatic carbocycles. The smallest absolute Gasteiger partial charge is 0.0366 e. The van der Waals surface area contributed by atoms with E-state index in [2.05, 4.69) is 54.0 Å². The van der Waals surface area contributed by atoms with Crippen molar-refractivity contribution in [3.05, 3.63) is 30.3 Å². The Hall–Kier alpha value is -1.06. The molecule has 1 fully saturated rings. The third-order valence-electron chi connectivity index (χ3n) is 5.03. The summed E-state index contributed by atoms with van der Waals surface area (Å²) in [6.07, 6.45) is 4.89. The fraction of sp³-hybridized carbons (Fsp3) is 0.667. The van der Waals surface area contributed by atoms with Crippen molar-refractivity contribution in [3.63, 3.8) is 0 Å². The first-order valence-corrected chi connectivity index (χ1v) is 8.51. The molecular weight excluding hydrogens is 258 g/mol. The molecule has 0 spiro atoms. The fourth-order valence-electron chi connectivity index (χ4n) is 3.55. The van der Waals surface area contributed by atoms with Gasteiger partial charge in [0.15, 0.2) is 0 Å². The molecule has 1 aromatic rings. The lowest BCUT2D eigenvalue weighted by Crippen LogP contribution is -2.59. The zero-order valence-corrected chi connectivity index (χ0v) is 13.7. The average Bonchev–Trinajstić information content (AvgIpc) is 2.57. The molecule has 1 aliphatic rings. The Morgan fingerprint density at radius 3 is 2.33 bits per heavy atom. The predicted molar refractivity (Wildman–Crippen MR) is 91.8 cm³/mol. The number of piperidine rings is 1. The van der Waals surface area contributed by atoms with Crippen LogP contribution in [-0.4, -0.2) is 43.2 Å². The first kappa shape index (κ1) is 16.3. The first-order chi connectivity index (χ1) is 10.3. The molecule has 3 heteroatoms. The summed E-state index contributed by atoms with van der Waals surface area (Å²) in [6.45, 7) is 9.86. The van der Waals surface area contributed by atoms with Crippen molar-refractivity contribution in [2.45, 2.75) is 45.1 Å². The van der Waals surface area contributed by atoms with E-state index in [0.717, 1.165) is 26.2 Å². The quantitative estimate of drug-likeness (QED) is 0.837. The van der Waals surface area contributed by atoms with Gasteiger partial charge in [0.25, 0.3) is 0 Å². The highest BCUT2D eigenvalue weighted by Gasteiger charge is 2.37. The van der Waals surface area contributed by atoms with Gasteiger partial charge in [-0.1, -0.05) is 38.5 Å². The number of likely N-dealkylation sites (N-methyl/N-ethyl adjacent to an activating group) is 1. The van der Waals surface area contributed by atoms with E-state index in [1.54, 1.807) is 0 Å². The molecule has 1 heterocycles. The van der Waals surface area contributed by atoms with Crippen molar-refractivity contribution < 1.29 is 0 Å². The van der Waals surface area contributed by atoms with E-state index >= 15 is 0 Å². The van der Waals surface area contributed by atoms with Gasteiger partial charge in [0.05, 0.1) is 0 Å². The zero-order chi connectivity index (χ0) is 15.1. The Bertz CT molecular complexity index is 396. The molecule has 0 aromatic heterocycles. The zero-order valence-electron chi connectivity index (χ0n) is 13.7. The highest BCUT2D eigenvalue weighted by atomic mass is 15.2. The van der Waals surface area contributed by atoms with E-state index in [1.165, 1.54) is 37.9 Å². The topological polar surface area (TPSA) is 32.5 Å². The largest absolute Gasteiger partial charge is 0.371 e. The summed E-state index contributed by atoms with van der Waals surface area (Å²) in [5, 5.41) is 0. The summed E-state index contributed by atoms with van der Waals surface area (Å²) in [7, 11) is 0. The number of nitrogens with zero attached hydrogens (tertiary/aromatic N) is 2. The lowest BCUT2D eigenvalue weighted by atomic mass is 9.85.